The lowest BCUT2D eigenvalue weighted by atomic mass is 10.1. The Morgan fingerprint density at radius 2 is 2.54 bits per heavy atom. The number of ether oxygens (including phenoxy) is 1. The van der Waals surface area contributed by atoms with Crippen molar-refractivity contribution in [1.82, 2.24) is 20.2 Å². The molecule has 1 aromatic rings. The van der Waals surface area contributed by atoms with Crippen molar-refractivity contribution in [3.05, 3.63) is 5.82 Å². The zero-order valence-electron chi connectivity index (χ0n) is 7.55. The number of aryl methyl sites for hydroxylation is 1. The molecule has 1 aliphatic heterocycles. The predicted octanol–water partition coefficient (Wildman–Crippen LogP) is -0.611. The standard InChI is InChI=1S/C7H13N5O/c1-12-10-7(9-11-12)6(8)5-3-2-4-13-5/h5-6H,2-4,8H2,1H3. The van der Waals surface area contributed by atoms with Gasteiger partial charge in [-0.15, -0.1) is 10.2 Å². The van der Waals surface area contributed by atoms with Crippen LogP contribution in [0.1, 0.15) is 24.7 Å². The van der Waals surface area contributed by atoms with Gasteiger partial charge in [0, 0.05) is 6.61 Å². The molecule has 13 heavy (non-hydrogen) atoms. The Kier molecular flexibility index (Phi) is 2.24. The molecule has 0 amide bonds. The van der Waals surface area contributed by atoms with Gasteiger partial charge in [-0.1, -0.05) is 0 Å². The Hall–Kier alpha value is -1.01. The van der Waals surface area contributed by atoms with E-state index in [0.29, 0.717) is 5.82 Å². The van der Waals surface area contributed by atoms with E-state index in [9.17, 15) is 0 Å². The molecule has 0 bridgehead atoms. The summed E-state index contributed by atoms with van der Waals surface area (Å²) >= 11 is 0. The second kappa shape index (κ2) is 3.39. The van der Waals surface area contributed by atoms with E-state index in [0.717, 1.165) is 19.4 Å². The monoisotopic (exact) mass is 183 g/mol. The lowest BCUT2D eigenvalue weighted by Gasteiger charge is -2.13. The van der Waals surface area contributed by atoms with Gasteiger partial charge in [0.1, 0.15) is 0 Å². The quantitative estimate of drug-likeness (QED) is 0.661. The first kappa shape index (κ1) is 8.58. The molecular formula is C7H13N5O. The first-order valence-corrected chi connectivity index (χ1v) is 4.38. The van der Waals surface area contributed by atoms with Crippen molar-refractivity contribution < 1.29 is 4.74 Å². The molecule has 0 aromatic carbocycles. The van der Waals surface area contributed by atoms with Gasteiger partial charge in [0.25, 0.3) is 0 Å². The lowest BCUT2D eigenvalue weighted by Crippen LogP contribution is -2.26. The van der Waals surface area contributed by atoms with Crippen LogP contribution in [0.25, 0.3) is 0 Å². The maximum atomic E-state index is 5.91. The minimum atomic E-state index is -0.240. The zero-order chi connectivity index (χ0) is 9.26. The minimum absolute atomic E-state index is 0.0594. The van der Waals surface area contributed by atoms with Crippen LogP contribution in [0, 0.1) is 0 Å². The highest BCUT2D eigenvalue weighted by atomic mass is 16.5. The summed E-state index contributed by atoms with van der Waals surface area (Å²) in [5.41, 5.74) is 5.91. The molecule has 1 fully saturated rings. The van der Waals surface area contributed by atoms with Crippen LogP contribution in [0.5, 0.6) is 0 Å². The summed E-state index contributed by atoms with van der Waals surface area (Å²) in [6, 6.07) is -0.240. The number of aromatic nitrogens is 4. The van der Waals surface area contributed by atoms with Gasteiger partial charge in [-0.2, -0.15) is 4.80 Å². The second-order valence-corrected chi connectivity index (χ2v) is 3.21. The SMILES string of the molecule is Cn1nnc(C(N)C2CCCO2)n1. The zero-order valence-corrected chi connectivity index (χ0v) is 7.55. The van der Waals surface area contributed by atoms with Crippen molar-refractivity contribution >= 4 is 0 Å². The number of nitrogens with two attached hydrogens (primary N) is 1. The van der Waals surface area contributed by atoms with Gasteiger partial charge in [-0.05, 0) is 18.1 Å². The molecular weight excluding hydrogens is 170 g/mol. The molecule has 2 unspecified atom stereocenters. The van der Waals surface area contributed by atoms with Crippen molar-refractivity contribution in [2.24, 2.45) is 12.8 Å². The van der Waals surface area contributed by atoms with Crippen LogP contribution in [0.4, 0.5) is 0 Å². The van der Waals surface area contributed by atoms with Crippen molar-refractivity contribution in [3.8, 4) is 0 Å². The first-order chi connectivity index (χ1) is 6.27. The van der Waals surface area contributed by atoms with Gasteiger partial charge < -0.3 is 10.5 Å². The van der Waals surface area contributed by atoms with Crippen molar-refractivity contribution in [1.29, 1.82) is 0 Å². The number of hydrogen-bond acceptors (Lipinski definition) is 5. The highest BCUT2D eigenvalue weighted by Gasteiger charge is 2.27. The molecule has 72 valence electrons. The molecule has 0 saturated carbocycles. The van der Waals surface area contributed by atoms with E-state index in [4.69, 9.17) is 10.5 Å². The van der Waals surface area contributed by atoms with Crippen molar-refractivity contribution in [3.63, 3.8) is 0 Å². The van der Waals surface area contributed by atoms with E-state index in [1.807, 2.05) is 0 Å². The molecule has 1 aromatic heterocycles. The van der Waals surface area contributed by atoms with Crippen molar-refractivity contribution in [2.75, 3.05) is 6.61 Å². The Balaban J connectivity index is 2.07. The highest BCUT2D eigenvalue weighted by Crippen LogP contribution is 2.21. The van der Waals surface area contributed by atoms with Crippen LogP contribution in [-0.2, 0) is 11.8 Å². The molecule has 0 spiro atoms. The lowest BCUT2D eigenvalue weighted by molar-refractivity contribution is 0.0876. The Morgan fingerprint density at radius 1 is 1.69 bits per heavy atom. The summed E-state index contributed by atoms with van der Waals surface area (Å²) < 4.78 is 5.44. The fourth-order valence-electron chi connectivity index (χ4n) is 1.48. The molecule has 2 atom stereocenters. The Morgan fingerprint density at radius 3 is 3.08 bits per heavy atom. The van der Waals surface area contributed by atoms with E-state index >= 15 is 0 Å². The van der Waals surface area contributed by atoms with Crippen LogP contribution < -0.4 is 5.73 Å². The third kappa shape index (κ3) is 1.68. The molecule has 6 nitrogen and oxygen atoms in total. The average molecular weight is 183 g/mol. The van der Waals surface area contributed by atoms with E-state index in [1.165, 1.54) is 4.80 Å². The highest BCUT2D eigenvalue weighted by molar-refractivity contribution is 4.93. The molecule has 2 rings (SSSR count). The summed E-state index contributed by atoms with van der Waals surface area (Å²) in [5, 5.41) is 11.6. The van der Waals surface area contributed by atoms with Gasteiger partial charge >= 0.3 is 0 Å². The number of tetrazole rings is 1. The smallest absolute Gasteiger partial charge is 0.194 e. The van der Waals surface area contributed by atoms with E-state index in [1.54, 1.807) is 7.05 Å². The summed E-state index contributed by atoms with van der Waals surface area (Å²) in [7, 11) is 1.72. The maximum absolute atomic E-state index is 5.91. The summed E-state index contributed by atoms with van der Waals surface area (Å²) in [4.78, 5) is 1.41. The number of nitrogens with zero attached hydrogens (tertiary/aromatic N) is 4. The summed E-state index contributed by atoms with van der Waals surface area (Å²) in [6.07, 6.45) is 2.11. The normalized spacial score (nSPS) is 24.9. The third-order valence-electron chi connectivity index (χ3n) is 2.19. The molecule has 2 heterocycles. The Labute approximate surface area is 76.1 Å². The molecule has 0 aliphatic carbocycles. The van der Waals surface area contributed by atoms with Crippen LogP contribution in [0.3, 0.4) is 0 Å². The van der Waals surface area contributed by atoms with Crippen LogP contribution in [-0.4, -0.2) is 32.9 Å². The third-order valence-corrected chi connectivity index (χ3v) is 2.19. The minimum Gasteiger partial charge on any atom is -0.376 e. The van der Waals surface area contributed by atoms with Gasteiger partial charge in [-0.25, -0.2) is 0 Å². The van der Waals surface area contributed by atoms with E-state index in [2.05, 4.69) is 15.4 Å². The fraction of sp³-hybridized carbons (Fsp3) is 0.857. The fourth-order valence-corrected chi connectivity index (χ4v) is 1.48. The van der Waals surface area contributed by atoms with Gasteiger partial charge in [0.2, 0.25) is 0 Å². The predicted molar refractivity (Wildman–Crippen MR) is 44.7 cm³/mol. The van der Waals surface area contributed by atoms with Gasteiger partial charge in [-0.3, -0.25) is 0 Å². The second-order valence-electron chi connectivity index (χ2n) is 3.21. The number of rotatable bonds is 2. The van der Waals surface area contributed by atoms with E-state index < -0.39 is 0 Å². The van der Waals surface area contributed by atoms with E-state index in [-0.39, 0.29) is 12.1 Å². The molecule has 1 aliphatic rings. The number of hydrogen-bond donors (Lipinski definition) is 1. The molecule has 0 radical (unpaired) electrons. The summed E-state index contributed by atoms with van der Waals surface area (Å²) in [5.74, 6) is 0.564. The largest absolute Gasteiger partial charge is 0.376 e. The van der Waals surface area contributed by atoms with Gasteiger partial charge in [0.05, 0.1) is 19.2 Å². The first-order valence-electron chi connectivity index (χ1n) is 4.38. The topological polar surface area (TPSA) is 78.9 Å². The van der Waals surface area contributed by atoms with Crippen LogP contribution in [0.15, 0.2) is 0 Å². The average Bonchev–Trinajstić information content (AvgIpc) is 2.72. The van der Waals surface area contributed by atoms with Gasteiger partial charge in [0.15, 0.2) is 5.82 Å². The maximum Gasteiger partial charge on any atom is 0.194 e. The molecule has 1 saturated heterocycles. The summed E-state index contributed by atoms with van der Waals surface area (Å²) in [6.45, 7) is 0.790. The van der Waals surface area contributed by atoms with Crippen LogP contribution >= 0.6 is 0 Å². The molecule has 6 heteroatoms. The molecule has 2 N–H and O–H groups in total. The Bertz CT molecular complexity index is 280. The van der Waals surface area contributed by atoms with Crippen LogP contribution in [0.2, 0.25) is 0 Å². The van der Waals surface area contributed by atoms with Crippen molar-refractivity contribution in [2.45, 2.75) is 25.0 Å².